The fourth-order valence-electron chi connectivity index (χ4n) is 3.08. The minimum atomic E-state index is 0.0515. The highest BCUT2D eigenvalue weighted by atomic mass is 79.9. The first-order valence-corrected chi connectivity index (χ1v) is 7.86. The Hall–Kier alpha value is -0.870. The van der Waals surface area contributed by atoms with Crippen LogP contribution >= 0.6 is 15.9 Å². The highest BCUT2D eigenvalue weighted by Gasteiger charge is 2.37. The molecule has 0 bridgehead atoms. The van der Waals surface area contributed by atoms with E-state index in [1.165, 1.54) is 5.56 Å². The Bertz CT molecular complexity index is 451. The van der Waals surface area contributed by atoms with Gasteiger partial charge in [0.15, 0.2) is 0 Å². The van der Waals surface area contributed by atoms with Crippen molar-refractivity contribution < 1.29 is 4.79 Å². The Kier molecular flexibility index (Phi) is 3.89. The van der Waals surface area contributed by atoms with E-state index in [0.29, 0.717) is 6.04 Å². The quantitative estimate of drug-likeness (QED) is 0.797. The third-order valence-corrected chi connectivity index (χ3v) is 4.96. The molecule has 0 radical (unpaired) electrons. The lowest BCUT2D eigenvalue weighted by Crippen LogP contribution is -2.39. The van der Waals surface area contributed by atoms with Crippen molar-refractivity contribution >= 4 is 21.8 Å². The predicted molar refractivity (Wildman–Crippen MR) is 79.2 cm³/mol. The van der Waals surface area contributed by atoms with Crippen LogP contribution in [-0.4, -0.2) is 46.2 Å². The van der Waals surface area contributed by atoms with Gasteiger partial charge in [0.1, 0.15) is 0 Å². The highest BCUT2D eigenvalue weighted by molar-refractivity contribution is 9.10. The summed E-state index contributed by atoms with van der Waals surface area (Å²) >= 11 is 3.46. The van der Waals surface area contributed by atoms with Gasteiger partial charge in [0, 0.05) is 32.2 Å². The van der Waals surface area contributed by atoms with Gasteiger partial charge in [-0.15, -0.1) is 0 Å². The Morgan fingerprint density at radius 2 is 1.95 bits per heavy atom. The van der Waals surface area contributed by atoms with E-state index in [4.69, 9.17) is 0 Å². The molecule has 1 aromatic carbocycles. The molecule has 4 heteroatoms. The van der Waals surface area contributed by atoms with E-state index < -0.39 is 0 Å². The average molecular weight is 323 g/mol. The third kappa shape index (κ3) is 2.84. The number of amides is 1. The topological polar surface area (TPSA) is 23.6 Å². The van der Waals surface area contributed by atoms with Gasteiger partial charge in [-0.1, -0.05) is 46.3 Å². The van der Waals surface area contributed by atoms with Crippen LogP contribution in [0.25, 0.3) is 0 Å². The number of rotatable bonds is 3. The first kappa shape index (κ1) is 13.1. The second kappa shape index (κ2) is 5.63. The van der Waals surface area contributed by atoms with Crippen molar-refractivity contribution in [3.05, 3.63) is 35.9 Å². The molecule has 0 N–H and O–H groups in total. The molecular formula is C15H19BrN2O. The van der Waals surface area contributed by atoms with Crippen LogP contribution in [0, 0.1) is 0 Å². The van der Waals surface area contributed by atoms with Gasteiger partial charge < -0.3 is 4.90 Å². The van der Waals surface area contributed by atoms with Crippen LogP contribution in [0.1, 0.15) is 18.4 Å². The first-order valence-electron chi connectivity index (χ1n) is 6.95. The van der Waals surface area contributed by atoms with E-state index >= 15 is 0 Å². The van der Waals surface area contributed by atoms with E-state index in [1.807, 2.05) is 0 Å². The Morgan fingerprint density at radius 3 is 2.63 bits per heavy atom. The van der Waals surface area contributed by atoms with Crippen molar-refractivity contribution in [2.24, 2.45) is 0 Å². The molecule has 1 amide bonds. The van der Waals surface area contributed by atoms with E-state index in [2.05, 4.69) is 56.1 Å². The number of alkyl halides is 1. The average Bonchev–Trinajstić information content (AvgIpc) is 3.00. The number of halogens is 1. The summed E-state index contributed by atoms with van der Waals surface area (Å²) in [5, 5.41) is 0. The zero-order chi connectivity index (χ0) is 13.2. The summed E-state index contributed by atoms with van der Waals surface area (Å²) < 4.78 is 0. The lowest BCUT2D eigenvalue weighted by molar-refractivity contribution is -0.128. The molecule has 0 aromatic heterocycles. The summed E-state index contributed by atoms with van der Waals surface area (Å²) in [5.74, 6) is 0.284. The SMILES string of the molecule is O=C1C(Br)CCN1[C@@H]1CCN(Cc2ccccc2)C1. The number of benzene rings is 1. The van der Waals surface area contributed by atoms with E-state index in [0.717, 1.165) is 39.0 Å². The van der Waals surface area contributed by atoms with Crippen LogP contribution in [0.4, 0.5) is 0 Å². The van der Waals surface area contributed by atoms with Crippen LogP contribution in [0.5, 0.6) is 0 Å². The lowest BCUT2D eigenvalue weighted by Gasteiger charge is -2.24. The minimum Gasteiger partial charge on any atom is -0.337 e. The van der Waals surface area contributed by atoms with Gasteiger partial charge in [0.25, 0.3) is 0 Å². The zero-order valence-corrected chi connectivity index (χ0v) is 12.6. The Morgan fingerprint density at radius 1 is 1.16 bits per heavy atom. The molecule has 1 aromatic rings. The maximum atomic E-state index is 12.0. The maximum absolute atomic E-state index is 12.0. The van der Waals surface area contributed by atoms with Gasteiger partial charge in [-0.2, -0.15) is 0 Å². The summed E-state index contributed by atoms with van der Waals surface area (Å²) in [4.78, 5) is 16.6. The molecule has 0 spiro atoms. The van der Waals surface area contributed by atoms with Gasteiger partial charge in [-0.25, -0.2) is 0 Å². The van der Waals surface area contributed by atoms with Crippen LogP contribution in [0.3, 0.4) is 0 Å². The number of nitrogens with zero attached hydrogens (tertiary/aromatic N) is 2. The molecule has 102 valence electrons. The van der Waals surface area contributed by atoms with Crippen LogP contribution < -0.4 is 0 Å². The Balaban J connectivity index is 1.57. The van der Waals surface area contributed by atoms with Crippen molar-refractivity contribution in [1.29, 1.82) is 0 Å². The van der Waals surface area contributed by atoms with Gasteiger partial charge >= 0.3 is 0 Å². The molecule has 2 aliphatic rings. The smallest absolute Gasteiger partial charge is 0.236 e. The Labute approximate surface area is 122 Å². The summed E-state index contributed by atoms with van der Waals surface area (Å²) in [6.45, 7) is 4.02. The monoisotopic (exact) mass is 322 g/mol. The van der Waals surface area contributed by atoms with Crippen molar-refractivity contribution in [3.8, 4) is 0 Å². The minimum absolute atomic E-state index is 0.0515. The standard InChI is InChI=1S/C15H19BrN2O/c16-14-7-9-18(15(14)19)13-6-8-17(11-13)10-12-4-2-1-3-5-12/h1-5,13-14H,6-11H2/t13-,14?/m1/s1. The number of carbonyl (C=O) groups is 1. The molecule has 2 saturated heterocycles. The molecule has 2 atom stereocenters. The summed E-state index contributed by atoms with van der Waals surface area (Å²) in [5.41, 5.74) is 1.36. The van der Waals surface area contributed by atoms with Crippen LogP contribution in [0.2, 0.25) is 0 Å². The fourth-order valence-corrected chi connectivity index (χ4v) is 3.55. The summed E-state index contributed by atoms with van der Waals surface area (Å²) in [6.07, 6.45) is 2.06. The lowest BCUT2D eigenvalue weighted by atomic mass is 10.2. The second-order valence-corrected chi connectivity index (χ2v) is 6.56. The van der Waals surface area contributed by atoms with Gasteiger partial charge in [0.2, 0.25) is 5.91 Å². The summed E-state index contributed by atoms with van der Waals surface area (Å²) in [7, 11) is 0. The van der Waals surface area contributed by atoms with Crippen molar-refractivity contribution in [2.75, 3.05) is 19.6 Å². The van der Waals surface area contributed by atoms with E-state index in [9.17, 15) is 4.79 Å². The van der Waals surface area contributed by atoms with Crippen molar-refractivity contribution in [1.82, 2.24) is 9.80 Å². The molecule has 19 heavy (non-hydrogen) atoms. The zero-order valence-electron chi connectivity index (χ0n) is 11.0. The number of hydrogen-bond donors (Lipinski definition) is 0. The number of hydrogen-bond acceptors (Lipinski definition) is 2. The van der Waals surface area contributed by atoms with E-state index in [1.54, 1.807) is 0 Å². The van der Waals surface area contributed by atoms with Crippen molar-refractivity contribution in [2.45, 2.75) is 30.3 Å². The maximum Gasteiger partial charge on any atom is 0.236 e. The van der Waals surface area contributed by atoms with Gasteiger partial charge in [-0.05, 0) is 18.4 Å². The highest BCUT2D eigenvalue weighted by Crippen LogP contribution is 2.25. The molecular weight excluding hydrogens is 304 g/mol. The predicted octanol–water partition coefficient (Wildman–Crippen LogP) is 2.26. The molecule has 1 unspecified atom stereocenters. The molecule has 2 heterocycles. The van der Waals surface area contributed by atoms with E-state index in [-0.39, 0.29) is 10.7 Å². The molecule has 2 aliphatic heterocycles. The van der Waals surface area contributed by atoms with Crippen LogP contribution in [-0.2, 0) is 11.3 Å². The van der Waals surface area contributed by atoms with Gasteiger partial charge in [0.05, 0.1) is 4.83 Å². The third-order valence-electron chi connectivity index (χ3n) is 4.11. The molecule has 0 aliphatic carbocycles. The second-order valence-electron chi connectivity index (χ2n) is 5.45. The van der Waals surface area contributed by atoms with Crippen LogP contribution in [0.15, 0.2) is 30.3 Å². The number of likely N-dealkylation sites (tertiary alicyclic amines) is 2. The molecule has 2 fully saturated rings. The molecule has 3 rings (SSSR count). The molecule has 3 nitrogen and oxygen atoms in total. The first-order chi connectivity index (χ1) is 9.24. The molecule has 0 saturated carbocycles. The fraction of sp³-hybridized carbons (Fsp3) is 0.533. The number of carbonyl (C=O) groups excluding carboxylic acids is 1. The summed E-state index contributed by atoms with van der Waals surface area (Å²) in [6, 6.07) is 11.0. The normalized spacial score (nSPS) is 28.3. The van der Waals surface area contributed by atoms with Crippen molar-refractivity contribution in [3.63, 3.8) is 0 Å². The van der Waals surface area contributed by atoms with Gasteiger partial charge in [-0.3, -0.25) is 9.69 Å². The largest absolute Gasteiger partial charge is 0.337 e.